The van der Waals surface area contributed by atoms with E-state index in [1.807, 2.05) is 26.0 Å². The van der Waals surface area contributed by atoms with Crippen molar-refractivity contribution >= 4 is 23.0 Å². The third-order valence-electron chi connectivity index (χ3n) is 8.29. The van der Waals surface area contributed by atoms with Crippen LogP contribution < -0.4 is 10.6 Å². The van der Waals surface area contributed by atoms with E-state index >= 15 is 0 Å². The minimum absolute atomic E-state index is 0.134. The van der Waals surface area contributed by atoms with Crippen LogP contribution in [0, 0.1) is 12.8 Å². The molecule has 2 aromatic heterocycles. The standard InChI is InChI=1S/C29H39N5O3/c1-18-13-19(2)32-29(36)26(18)16-31-28(35)25-15-24-14-23(22-5-7-30-8-6-22)17-34(24)27(20(25)3)21(4)33-9-11-37-12-10-33/h13-15,17,21-22,26,30H,5-12,16H2,1-4H3,(H,31,35). The highest BCUT2D eigenvalue weighted by atomic mass is 16.5. The SMILES string of the molecule is CC1=CC(C)=NC(=O)C1CNC(=O)c1cc2cc(C3CCNCC3)cn2c(C(C)N2CCOCC2)c1C. The predicted octanol–water partition coefficient (Wildman–Crippen LogP) is 3.40. The van der Waals surface area contributed by atoms with E-state index in [4.69, 9.17) is 4.74 Å². The van der Waals surface area contributed by atoms with Gasteiger partial charge in [0.1, 0.15) is 0 Å². The number of allylic oxidation sites excluding steroid dienone is 1. The zero-order chi connectivity index (χ0) is 26.1. The maximum atomic E-state index is 13.6. The Hall–Kier alpha value is -2.81. The van der Waals surface area contributed by atoms with Crippen molar-refractivity contribution in [3.05, 3.63) is 52.4 Å². The number of hydrogen-bond donors (Lipinski definition) is 2. The number of nitrogens with zero attached hydrogens (tertiary/aromatic N) is 3. The first-order valence-corrected chi connectivity index (χ1v) is 13.6. The van der Waals surface area contributed by atoms with E-state index in [1.54, 1.807) is 0 Å². The Morgan fingerprint density at radius 2 is 1.92 bits per heavy atom. The van der Waals surface area contributed by atoms with Crippen LogP contribution in [-0.4, -0.2) is 72.8 Å². The zero-order valence-electron chi connectivity index (χ0n) is 22.5. The van der Waals surface area contributed by atoms with Crippen molar-refractivity contribution in [2.75, 3.05) is 45.9 Å². The van der Waals surface area contributed by atoms with Crippen molar-refractivity contribution in [3.8, 4) is 0 Å². The molecule has 0 spiro atoms. The Bertz CT molecular complexity index is 1250. The molecule has 2 aromatic rings. The number of fused-ring (bicyclic) bond motifs is 1. The lowest BCUT2D eigenvalue weighted by molar-refractivity contribution is -0.120. The molecule has 8 heteroatoms. The Balaban J connectivity index is 1.48. The molecular formula is C29H39N5O3. The van der Waals surface area contributed by atoms with Gasteiger partial charge in [-0.05, 0) is 88.9 Å². The number of dihydropyridines is 1. The van der Waals surface area contributed by atoms with Crippen LogP contribution in [0.5, 0.6) is 0 Å². The number of carbonyl (C=O) groups excluding carboxylic acids is 2. The number of aliphatic imine (C=N–C) groups is 1. The molecule has 2 N–H and O–H groups in total. The van der Waals surface area contributed by atoms with Gasteiger partial charge in [-0.2, -0.15) is 0 Å². The van der Waals surface area contributed by atoms with Crippen LogP contribution in [0.2, 0.25) is 0 Å². The van der Waals surface area contributed by atoms with E-state index in [0.29, 0.717) is 17.2 Å². The normalized spacial score (nSPS) is 22.6. The lowest BCUT2D eigenvalue weighted by Gasteiger charge is -2.34. The number of hydrogen-bond acceptors (Lipinski definition) is 5. The van der Waals surface area contributed by atoms with Crippen LogP contribution in [-0.2, 0) is 9.53 Å². The number of carbonyl (C=O) groups is 2. The van der Waals surface area contributed by atoms with Crippen LogP contribution in [0.25, 0.3) is 5.52 Å². The molecule has 2 amide bonds. The maximum absolute atomic E-state index is 13.6. The summed E-state index contributed by atoms with van der Waals surface area (Å²) in [5.74, 6) is -0.221. The number of ether oxygens (including phenoxy) is 1. The monoisotopic (exact) mass is 505 g/mol. The molecular weight excluding hydrogens is 466 g/mol. The van der Waals surface area contributed by atoms with Gasteiger partial charge < -0.3 is 19.8 Å². The fourth-order valence-electron chi connectivity index (χ4n) is 6.11. The molecule has 8 nitrogen and oxygen atoms in total. The van der Waals surface area contributed by atoms with E-state index in [2.05, 4.69) is 51.0 Å². The van der Waals surface area contributed by atoms with Gasteiger partial charge in [0.25, 0.3) is 11.8 Å². The Labute approximate surface area is 219 Å². The van der Waals surface area contributed by atoms with Gasteiger partial charge in [0, 0.05) is 54.4 Å². The summed E-state index contributed by atoms with van der Waals surface area (Å²) in [6.45, 7) is 13.5. The first-order chi connectivity index (χ1) is 17.8. The molecule has 3 aliphatic heterocycles. The first-order valence-electron chi connectivity index (χ1n) is 13.6. The number of morpholine rings is 1. The summed E-state index contributed by atoms with van der Waals surface area (Å²) in [5, 5.41) is 6.50. The van der Waals surface area contributed by atoms with E-state index in [1.165, 1.54) is 5.56 Å². The quantitative estimate of drug-likeness (QED) is 0.628. The molecule has 5 heterocycles. The second-order valence-electron chi connectivity index (χ2n) is 10.7. The van der Waals surface area contributed by atoms with Crippen molar-refractivity contribution in [2.45, 2.75) is 52.5 Å². The van der Waals surface area contributed by atoms with Gasteiger partial charge in [-0.3, -0.25) is 14.5 Å². The molecule has 2 fully saturated rings. The highest BCUT2D eigenvalue weighted by Crippen LogP contribution is 2.33. The van der Waals surface area contributed by atoms with Crippen molar-refractivity contribution in [1.29, 1.82) is 0 Å². The third kappa shape index (κ3) is 5.28. The molecule has 2 saturated heterocycles. The summed E-state index contributed by atoms with van der Waals surface area (Å²) in [5.41, 5.74) is 6.83. The van der Waals surface area contributed by atoms with Crippen molar-refractivity contribution < 1.29 is 14.3 Å². The molecule has 2 atom stereocenters. The fraction of sp³-hybridized carbons (Fsp3) is 0.552. The molecule has 3 aliphatic rings. The lowest BCUT2D eigenvalue weighted by atomic mass is 9.92. The van der Waals surface area contributed by atoms with Crippen LogP contribution in [0.3, 0.4) is 0 Å². The second-order valence-corrected chi connectivity index (χ2v) is 10.7. The van der Waals surface area contributed by atoms with Gasteiger partial charge in [0.2, 0.25) is 0 Å². The molecule has 0 bridgehead atoms. The number of nitrogens with one attached hydrogen (secondary N) is 2. The summed E-state index contributed by atoms with van der Waals surface area (Å²) in [4.78, 5) is 32.6. The van der Waals surface area contributed by atoms with Crippen LogP contribution in [0.15, 0.2) is 35.0 Å². The zero-order valence-corrected chi connectivity index (χ0v) is 22.5. The van der Waals surface area contributed by atoms with Crippen LogP contribution in [0.4, 0.5) is 0 Å². The van der Waals surface area contributed by atoms with Crippen LogP contribution >= 0.6 is 0 Å². The minimum atomic E-state index is -0.414. The first kappa shape index (κ1) is 25.8. The van der Waals surface area contributed by atoms with Crippen molar-refractivity contribution in [1.82, 2.24) is 19.9 Å². The highest BCUT2D eigenvalue weighted by molar-refractivity contribution is 6.06. The molecule has 37 heavy (non-hydrogen) atoms. The molecule has 0 radical (unpaired) electrons. The average Bonchev–Trinajstić information content (AvgIpc) is 3.32. The summed E-state index contributed by atoms with van der Waals surface area (Å²) in [6.07, 6.45) is 6.46. The number of amides is 2. The molecule has 5 rings (SSSR count). The van der Waals surface area contributed by atoms with E-state index < -0.39 is 5.92 Å². The molecule has 0 aliphatic carbocycles. The van der Waals surface area contributed by atoms with E-state index in [-0.39, 0.29) is 24.4 Å². The Kier molecular flexibility index (Phi) is 7.60. The second kappa shape index (κ2) is 10.9. The number of rotatable bonds is 6. The fourth-order valence-corrected chi connectivity index (χ4v) is 6.11. The summed E-state index contributed by atoms with van der Waals surface area (Å²) in [6, 6.07) is 4.41. The van der Waals surface area contributed by atoms with E-state index in [0.717, 1.165) is 74.6 Å². The number of pyridine rings is 1. The van der Waals surface area contributed by atoms with Gasteiger partial charge in [-0.15, -0.1) is 0 Å². The minimum Gasteiger partial charge on any atom is -0.379 e. The molecule has 0 aromatic carbocycles. The van der Waals surface area contributed by atoms with Crippen molar-refractivity contribution in [2.24, 2.45) is 10.9 Å². The third-order valence-corrected chi connectivity index (χ3v) is 8.29. The maximum Gasteiger partial charge on any atom is 0.254 e. The highest BCUT2D eigenvalue weighted by Gasteiger charge is 2.28. The smallest absolute Gasteiger partial charge is 0.254 e. The summed E-state index contributed by atoms with van der Waals surface area (Å²) >= 11 is 0. The van der Waals surface area contributed by atoms with Gasteiger partial charge in [0.15, 0.2) is 0 Å². The van der Waals surface area contributed by atoms with Gasteiger partial charge in [-0.1, -0.05) is 5.57 Å². The van der Waals surface area contributed by atoms with Crippen LogP contribution in [0.1, 0.15) is 72.8 Å². The molecule has 198 valence electrons. The molecule has 0 saturated carbocycles. The predicted molar refractivity (Wildman–Crippen MR) is 145 cm³/mol. The number of aromatic nitrogens is 1. The Morgan fingerprint density at radius 3 is 2.62 bits per heavy atom. The van der Waals surface area contributed by atoms with Crippen molar-refractivity contribution in [3.63, 3.8) is 0 Å². The van der Waals surface area contributed by atoms with Gasteiger partial charge >= 0.3 is 0 Å². The van der Waals surface area contributed by atoms with E-state index in [9.17, 15) is 9.59 Å². The Morgan fingerprint density at radius 1 is 1.19 bits per heavy atom. The van der Waals surface area contributed by atoms with Gasteiger partial charge in [0.05, 0.1) is 19.1 Å². The largest absolute Gasteiger partial charge is 0.379 e. The molecule has 2 unspecified atom stereocenters. The lowest BCUT2D eigenvalue weighted by Crippen LogP contribution is -2.39. The summed E-state index contributed by atoms with van der Waals surface area (Å²) < 4.78 is 7.91. The summed E-state index contributed by atoms with van der Waals surface area (Å²) in [7, 11) is 0. The average molecular weight is 506 g/mol. The number of piperidine rings is 1. The van der Waals surface area contributed by atoms with Gasteiger partial charge in [-0.25, -0.2) is 4.99 Å². The topological polar surface area (TPSA) is 87.4 Å².